The zero-order chi connectivity index (χ0) is 15.6. The van der Waals surface area contributed by atoms with Crippen LogP contribution < -0.4 is 0 Å². The van der Waals surface area contributed by atoms with Crippen LogP contribution >= 0.6 is 0 Å². The lowest BCUT2D eigenvalue weighted by atomic mass is 9.90. The number of ether oxygens (including phenoxy) is 1. The molecule has 2 rings (SSSR count). The first-order valence-corrected chi connectivity index (χ1v) is 7.23. The Kier molecular flexibility index (Phi) is 4.40. The van der Waals surface area contributed by atoms with E-state index in [-0.39, 0.29) is 17.8 Å². The third-order valence-corrected chi connectivity index (χ3v) is 3.52. The van der Waals surface area contributed by atoms with Gasteiger partial charge in [0.25, 0.3) is 0 Å². The van der Waals surface area contributed by atoms with Crippen molar-refractivity contribution in [2.45, 2.75) is 45.1 Å². The highest BCUT2D eigenvalue weighted by Crippen LogP contribution is 2.32. The van der Waals surface area contributed by atoms with Crippen LogP contribution in [0.2, 0.25) is 0 Å². The Morgan fingerprint density at radius 3 is 2.81 bits per heavy atom. The molecule has 1 N–H and O–H groups in total. The molecule has 21 heavy (non-hydrogen) atoms. The van der Waals surface area contributed by atoms with Crippen LogP contribution in [0.5, 0.6) is 5.75 Å². The smallest absolute Gasteiger partial charge is 0.410 e. The van der Waals surface area contributed by atoms with Crippen LogP contribution in [0.1, 0.15) is 45.1 Å². The number of benzene rings is 1. The number of rotatable bonds is 1. The lowest BCUT2D eigenvalue weighted by Crippen LogP contribution is -2.42. The van der Waals surface area contributed by atoms with Crippen LogP contribution in [0.25, 0.3) is 0 Å². The SMILES string of the molecule is CC(C)(C)OC(=O)N1CCCC(c2cccc(O)c2F)C1. The molecule has 1 saturated heterocycles. The van der Waals surface area contributed by atoms with Gasteiger partial charge in [0.2, 0.25) is 0 Å². The molecule has 0 aromatic heterocycles. The molecule has 1 aromatic carbocycles. The van der Waals surface area contributed by atoms with Gasteiger partial charge in [-0.3, -0.25) is 0 Å². The second-order valence-electron chi connectivity index (χ2n) is 6.45. The van der Waals surface area contributed by atoms with Crippen molar-refractivity contribution in [3.63, 3.8) is 0 Å². The molecule has 1 aliphatic heterocycles. The Morgan fingerprint density at radius 2 is 2.14 bits per heavy atom. The lowest BCUT2D eigenvalue weighted by molar-refractivity contribution is 0.0197. The Hall–Kier alpha value is -1.78. The summed E-state index contributed by atoms with van der Waals surface area (Å²) in [6.07, 6.45) is 1.21. The largest absolute Gasteiger partial charge is 0.505 e. The zero-order valence-corrected chi connectivity index (χ0v) is 12.7. The van der Waals surface area contributed by atoms with E-state index in [1.807, 2.05) is 20.8 Å². The fourth-order valence-corrected chi connectivity index (χ4v) is 2.58. The normalized spacial score (nSPS) is 19.4. The third kappa shape index (κ3) is 3.86. The van der Waals surface area contributed by atoms with Gasteiger partial charge in [-0.2, -0.15) is 0 Å². The predicted octanol–water partition coefficient (Wildman–Crippen LogP) is 3.65. The number of carbonyl (C=O) groups excluding carboxylic acids is 1. The van der Waals surface area contributed by atoms with E-state index in [4.69, 9.17) is 4.74 Å². The number of halogens is 1. The molecular formula is C16H22FNO3. The standard InChI is InChI=1S/C16H22FNO3/c1-16(2,3)21-15(20)18-9-5-6-11(10-18)12-7-4-8-13(19)14(12)17/h4,7-8,11,19H,5-6,9-10H2,1-3H3. The van der Waals surface area contributed by atoms with Crippen molar-refractivity contribution in [3.05, 3.63) is 29.6 Å². The topological polar surface area (TPSA) is 49.8 Å². The Bertz CT molecular complexity index is 525. The highest BCUT2D eigenvalue weighted by Gasteiger charge is 2.29. The van der Waals surface area contributed by atoms with E-state index >= 15 is 0 Å². The maximum Gasteiger partial charge on any atom is 0.410 e. The molecule has 0 saturated carbocycles. The molecule has 0 bridgehead atoms. The number of phenolic OH excluding ortho intramolecular Hbond substituents is 1. The molecule has 0 radical (unpaired) electrons. The van der Waals surface area contributed by atoms with E-state index in [0.717, 1.165) is 12.8 Å². The number of hydrogen-bond acceptors (Lipinski definition) is 3. The molecule has 4 nitrogen and oxygen atoms in total. The van der Waals surface area contributed by atoms with Gasteiger partial charge in [0.1, 0.15) is 5.60 Å². The minimum atomic E-state index is -0.589. The first kappa shape index (κ1) is 15.6. The Labute approximate surface area is 124 Å². The van der Waals surface area contributed by atoms with E-state index in [2.05, 4.69) is 0 Å². The Balaban J connectivity index is 2.10. The fourth-order valence-electron chi connectivity index (χ4n) is 2.58. The summed E-state index contributed by atoms with van der Waals surface area (Å²) in [5, 5.41) is 9.48. The molecule has 0 aliphatic carbocycles. The molecule has 5 heteroatoms. The summed E-state index contributed by atoms with van der Waals surface area (Å²) in [5.41, 5.74) is -0.0800. The molecular weight excluding hydrogens is 273 g/mol. The van der Waals surface area contributed by atoms with Crippen molar-refractivity contribution in [1.82, 2.24) is 4.90 Å². The van der Waals surface area contributed by atoms with Crippen molar-refractivity contribution >= 4 is 6.09 Å². The van der Waals surface area contributed by atoms with E-state index in [9.17, 15) is 14.3 Å². The maximum atomic E-state index is 14.0. The second kappa shape index (κ2) is 5.92. The van der Waals surface area contributed by atoms with Gasteiger partial charge in [-0.1, -0.05) is 12.1 Å². The summed E-state index contributed by atoms with van der Waals surface area (Å²) in [5.74, 6) is -1.05. The molecule has 1 amide bonds. The molecule has 1 heterocycles. The van der Waals surface area contributed by atoms with Gasteiger partial charge in [0, 0.05) is 19.0 Å². The number of likely N-dealkylation sites (tertiary alicyclic amines) is 1. The Morgan fingerprint density at radius 1 is 1.43 bits per heavy atom. The first-order chi connectivity index (χ1) is 9.78. The summed E-state index contributed by atoms with van der Waals surface area (Å²) in [6.45, 7) is 6.49. The van der Waals surface area contributed by atoms with Crippen molar-refractivity contribution in [2.24, 2.45) is 0 Å². The van der Waals surface area contributed by atoms with E-state index in [1.165, 1.54) is 6.07 Å². The second-order valence-corrected chi connectivity index (χ2v) is 6.45. The quantitative estimate of drug-likeness (QED) is 0.860. The molecule has 1 fully saturated rings. The van der Waals surface area contributed by atoms with Crippen LogP contribution in [0, 0.1) is 5.82 Å². The number of carbonyl (C=O) groups is 1. The van der Waals surface area contributed by atoms with Gasteiger partial charge >= 0.3 is 6.09 Å². The van der Waals surface area contributed by atoms with Crippen LogP contribution in [0.3, 0.4) is 0 Å². The number of aromatic hydroxyl groups is 1. The van der Waals surface area contributed by atoms with Crippen LogP contribution in [-0.4, -0.2) is 34.8 Å². The molecule has 1 atom stereocenters. The summed E-state index contributed by atoms with van der Waals surface area (Å²) in [7, 11) is 0. The number of phenols is 1. The fraction of sp³-hybridized carbons (Fsp3) is 0.562. The highest BCUT2D eigenvalue weighted by atomic mass is 19.1. The summed E-state index contributed by atoms with van der Waals surface area (Å²) in [6, 6.07) is 4.62. The number of hydrogen-bond donors (Lipinski definition) is 1. The summed E-state index contributed by atoms with van der Waals surface area (Å²) < 4.78 is 19.4. The van der Waals surface area contributed by atoms with Crippen LogP contribution in [0.4, 0.5) is 9.18 Å². The van der Waals surface area contributed by atoms with Gasteiger partial charge < -0.3 is 14.7 Å². The van der Waals surface area contributed by atoms with Crippen molar-refractivity contribution in [3.8, 4) is 5.75 Å². The molecule has 0 spiro atoms. The van der Waals surface area contributed by atoms with Gasteiger partial charge in [0.15, 0.2) is 11.6 Å². The van der Waals surface area contributed by atoms with Gasteiger partial charge in [-0.15, -0.1) is 0 Å². The van der Waals surface area contributed by atoms with E-state index in [1.54, 1.807) is 17.0 Å². The number of nitrogens with zero attached hydrogens (tertiary/aromatic N) is 1. The minimum Gasteiger partial charge on any atom is -0.505 e. The average Bonchev–Trinajstić information content (AvgIpc) is 2.40. The van der Waals surface area contributed by atoms with Crippen LogP contribution in [-0.2, 0) is 4.74 Å². The van der Waals surface area contributed by atoms with E-state index in [0.29, 0.717) is 18.7 Å². The summed E-state index contributed by atoms with van der Waals surface area (Å²) in [4.78, 5) is 13.7. The van der Waals surface area contributed by atoms with Crippen molar-refractivity contribution in [2.75, 3.05) is 13.1 Å². The van der Waals surface area contributed by atoms with Crippen molar-refractivity contribution in [1.29, 1.82) is 0 Å². The molecule has 1 aromatic rings. The zero-order valence-electron chi connectivity index (χ0n) is 12.7. The lowest BCUT2D eigenvalue weighted by Gasteiger charge is -2.34. The molecule has 1 aliphatic rings. The predicted molar refractivity (Wildman–Crippen MR) is 77.8 cm³/mol. The van der Waals surface area contributed by atoms with E-state index < -0.39 is 11.4 Å². The third-order valence-electron chi connectivity index (χ3n) is 3.52. The van der Waals surface area contributed by atoms with Gasteiger partial charge in [-0.05, 0) is 45.2 Å². The van der Waals surface area contributed by atoms with Gasteiger partial charge in [0.05, 0.1) is 0 Å². The molecule has 1 unspecified atom stereocenters. The van der Waals surface area contributed by atoms with Crippen LogP contribution in [0.15, 0.2) is 18.2 Å². The molecule has 116 valence electrons. The first-order valence-electron chi connectivity index (χ1n) is 7.23. The summed E-state index contributed by atoms with van der Waals surface area (Å²) >= 11 is 0. The monoisotopic (exact) mass is 295 g/mol. The number of amides is 1. The minimum absolute atomic E-state index is 0.113. The van der Waals surface area contributed by atoms with Gasteiger partial charge in [-0.25, -0.2) is 9.18 Å². The maximum absolute atomic E-state index is 14.0. The average molecular weight is 295 g/mol. The number of piperidine rings is 1. The highest BCUT2D eigenvalue weighted by molar-refractivity contribution is 5.68. The van der Waals surface area contributed by atoms with Crippen molar-refractivity contribution < 1.29 is 19.0 Å².